The summed E-state index contributed by atoms with van der Waals surface area (Å²) in [6, 6.07) is 16.0. The molecule has 2 aromatic carbocycles. The molecule has 0 amide bonds. The van der Waals surface area contributed by atoms with Gasteiger partial charge in [0.2, 0.25) is 0 Å². The van der Waals surface area contributed by atoms with Crippen LogP contribution in [0, 0.1) is 10.1 Å². The van der Waals surface area contributed by atoms with Gasteiger partial charge in [-0.05, 0) is 36.6 Å². The molecule has 0 aliphatic rings. The number of hydrogen-bond donors (Lipinski definition) is 0. The van der Waals surface area contributed by atoms with Gasteiger partial charge in [0.15, 0.2) is 0 Å². The van der Waals surface area contributed by atoms with Crippen LogP contribution in [0.2, 0.25) is 0 Å². The van der Waals surface area contributed by atoms with Crippen molar-refractivity contribution in [1.29, 1.82) is 0 Å². The molecule has 5 heteroatoms. The zero-order chi connectivity index (χ0) is 17.9. The van der Waals surface area contributed by atoms with Gasteiger partial charge in [0.25, 0.3) is 5.69 Å². The van der Waals surface area contributed by atoms with Crippen LogP contribution in [-0.2, 0) is 0 Å². The summed E-state index contributed by atoms with van der Waals surface area (Å²) < 4.78 is 0. The third-order valence-corrected chi connectivity index (χ3v) is 3.96. The molecule has 0 bridgehead atoms. The van der Waals surface area contributed by atoms with Gasteiger partial charge < -0.3 is 4.90 Å². The lowest BCUT2D eigenvalue weighted by Gasteiger charge is -2.13. The van der Waals surface area contributed by atoms with Crippen LogP contribution in [0.5, 0.6) is 0 Å². The second kappa shape index (κ2) is 10.6. The molecule has 2 aromatic rings. The second-order valence-corrected chi connectivity index (χ2v) is 5.36. The van der Waals surface area contributed by atoms with Crippen LogP contribution in [0.4, 0.5) is 5.69 Å². The topological polar surface area (TPSA) is 46.4 Å². The number of benzene rings is 2. The summed E-state index contributed by atoms with van der Waals surface area (Å²) >= 11 is 0. The van der Waals surface area contributed by atoms with Gasteiger partial charge in [-0.25, -0.2) is 0 Å². The lowest BCUT2D eigenvalue weighted by molar-refractivity contribution is -0.384. The minimum absolute atomic E-state index is 0.0778. The highest BCUT2D eigenvalue weighted by molar-refractivity contribution is 6.14. The molecule has 0 spiro atoms. The first-order valence-electron chi connectivity index (χ1n) is 8.30. The Morgan fingerprint density at radius 3 is 1.75 bits per heavy atom. The lowest BCUT2D eigenvalue weighted by Crippen LogP contribution is -2.21. The number of nitrogens with zero attached hydrogens (tertiary/aromatic N) is 2. The van der Waals surface area contributed by atoms with Gasteiger partial charge in [0.05, 0.1) is 12.8 Å². The molecule has 2 radical (unpaired) electrons. The van der Waals surface area contributed by atoms with E-state index < -0.39 is 4.92 Å². The molecule has 0 saturated carbocycles. The normalized spacial score (nSPS) is 11.5. The third-order valence-electron chi connectivity index (χ3n) is 3.96. The Hall–Kier alpha value is -2.14. The molecule has 1 unspecified atom stereocenters. The Bertz CT molecular complexity index is 593. The SMILES string of the molecule is CCN(CC)CC.[B]C(c1ccccc1)c1ccc([N+](=O)[O-])cc1. The average molecular weight is 324 g/mol. The first-order valence-corrected chi connectivity index (χ1v) is 8.30. The fourth-order valence-corrected chi connectivity index (χ4v) is 2.33. The molecule has 1 atom stereocenters. The number of non-ortho nitro benzene ring substituents is 1. The van der Waals surface area contributed by atoms with Gasteiger partial charge in [-0.2, -0.15) is 0 Å². The number of nitro groups is 1. The van der Waals surface area contributed by atoms with Gasteiger partial charge in [0, 0.05) is 12.1 Å². The highest BCUT2D eigenvalue weighted by Crippen LogP contribution is 2.23. The first-order chi connectivity index (χ1) is 11.5. The van der Waals surface area contributed by atoms with Crippen molar-refractivity contribution in [2.24, 2.45) is 0 Å². The van der Waals surface area contributed by atoms with Gasteiger partial charge in [-0.15, -0.1) is 0 Å². The molecular weight excluding hydrogens is 299 g/mol. The van der Waals surface area contributed by atoms with Crippen molar-refractivity contribution in [3.8, 4) is 0 Å². The predicted molar refractivity (Wildman–Crippen MR) is 101 cm³/mol. The standard InChI is InChI=1S/C13H10BNO2.C6H15N/c14-13(10-4-2-1-3-5-10)11-6-8-12(9-7-11)15(16)17;1-4-7(5-2)6-3/h1-9,13H;4-6H2,1-3H3. The maximum atomic E-state index is 10.5. The predicted octanol–water partition coefficient (Wildman–Crippen LogP) is 4.20. The van der Waals surface area contributed by atoms with Gasteiger partial charge in [-0.1, -0.05) is 63.2 Å². The Morgan fingerprint density at radius 1 is 0.917 bits per heavy atom. The van der Waals surface area contributed by atoms with E-state index in [1.54, 1.807) is 12.1 Å². The zero-order valence-corrected chi connectivity index (χ0v) is 14.7. The Morgan fingerprint density at radius 2 is 1.38 bits per heavy atom. The van der Waals surface area contributed by atoms with Crippen LogP contribution >= 0.6 is 0 Å². The summed E-state index contributed by atoms with van der Waals surface area (Å²) in [5, 5.41) is 10.5. The van der Waals surface area contributed by atoms with Crippen molar-refractivity contribution in [1.82, 2.24) is 4.90 Å². The quantitative estimate of drug-likeness (QED) is 0.454. The van der Waals surface area contributed by atoms with Crippen LogP contribution < -0.4 is 0 Å². The van der Waals surface area contributed by atoms with Gasteiger partial charge in [0.1, 0.15) is 0 Å². The van der Waals surface area contributed by atoms with E-state index >= 15 is 0 Å². The molecule has 0 aliphatic heterocycles. The molecule has 4 nitrogen and oxygen atoms in total. The van der Waals surface area contributed by atoms with Crippen molar-refractivity contribution in [2.45, 2.75) is 26.6 Å². The van der Waals surface area contributed by atoms with E-state index in [0.717, 1.165) is 11.1 Å². The Labute approximate surface area is 146 Å². The van der Waals surface area contributed by atoms with Crippen molar-refractivity contribution in [3.05, 3.63) is 75.8 Å². The van der Waals surface area contributed by atoms with E-state index in [4.69, 9.17) is 7.85 Å². The van der Waals surface area contributed by atoms with E-state index in [9.17, 15) is 10.1 Å². The maximum Gasteiger partial charge on any atom is 0.269 e. The number of nitro benzene ring substituents is 1. The number of hydrogen-bond acceptors (Lipinski definition) is 3. The van der Waals surface area contributed by atoms with Crippen LogP contribution in [0.25, 0.3) is 0 Å². The summed E-state index contributed by atoms with van der Waals surface area (Å²) in [6.07, 6.45) is 0. The van der Waals surface area contributed by atoms with Crippen LogP contribution in [0.1, 0.15) is 37.7 Å². The van der Waals surface area contributed by atoms with Crippen LogP contribution in [0.3, 0.4) is 0 Å². The van der Waals surface area contributed by atoms with E-state index in [0.29, 0.717) is 0 Å². The van der Waals surface area contributed by atoms with Gasteiger partial charge in [-0.3, -0.25) is 10.1 Å². The van der Waals surface area contributed by atoms with Crippen molar-refractivity contribution < 1.29 is 4.92 Å². The molecule has 2 rings (SSSR count). The highest BCUT2D eigenvalue weighted by Gasteiger charge is 2.09. The minimum Gasteiger partial charge on any atom is -0.304 e. The van der Waals surface area contributed by atoms with Gasteiger partial charge >= 0.3 is 0 Å². The Balaban J connectivity index is 0.000000351. The Kier molecular flexibility index (Phi) is 8.80. The van der Waals surface area contributed by atoms with E-state index in [1.165, 1.54) is 31.8 Å². The molecule has 0 aliphatic carbocycles. The van der Waals surface area contributed by atoms with Crippen LogP contribution in [0.15, 0.2) is 54.6 Å². The highest BCUT2D eigenvalue weighted by atomic mass is 16.6. The lowest BCUT2D eigenvalue weighted by atomic mass is 9.76. The zero-order valence-electron chi connectivity index (χ0n) is 14.7. The second-order valence-electron chi connectivity index (χ2n) is 5.36. The smallest absolute Gasteiger partial charge is 0.269 e. The van der Waals surface area contributed by atoms with E-state index in [-0.39, 0.29) is 11.5 Å². The summed E-state index contributed by atoms with van der Waals surface area (Å²) in [5.74, 6) is -0.253. The first kappa shape index (κ1) is 19.9. The minimum atomic E-state index is -0.419. The average Bonchev–Trinajstić information content (AvgIpc) is 2.64. The third kappa shape index (κ3) is 6.16. The summed E-state index contributed by atoms with van der Waals surface area (Å²) in [7, 11) is 6.07. The molecular formula is C19H25BN2O2. The van der Waals surface area contributed by atoms with Crippen molar-refractivity contribution in [3.63, 3.8) is 0 Å². The molecule has 0 aromatic heterocycles. The fourth-order valence-electron chi connectivity index (χ4n) is 2.33. The number of rotatable bonds is 6. The van der Waals surface area contributed by atoms with Crippen LogP contribution in [-0.4, -0.2) is 37.3 Å². The molecule has 0 fully saturated rings. The summed E-state index contributed by atoms with van der Waals surface area (Å²) in [6.45, 7) is 10.1. The molecule has 0 heterocycles. The molecule has 126 valence electrons. The van der Waals surface area contributed by atoms with E-state index in [1.807, 2.05) is 30.3 Å². The van der Waals surface area contributed by atoms with Crippen molar-refractivity contribution >= 4 is 13.5 Å². The molecule has 0 N–H and O–H groups in total. The summed E-state index contributed by atoms with van der Waals surface area (Å²) in [4.78, 5) is 12.5. The fraction of sp³-hybridized carbons (Fsp3) is 0.368. The van der Waals surface area contributed by atoms with Crippen molar-refractivity contribution in [2.75, 3.05) is 19.6 Å². The monoisotopic (exact) mass is 324 g/mol. The largest absolute Gasteiger partial charge is 0.304 e. The maximum absolute atomic E-state index is 10.5. The van der Waals surface area contributed by atoms with E-state index in [2.05, 4.69) is 25.7 Å². The molecule has 24 heavy (non-hydrogen) atoms. The molecule has 0 saturated heterocycles. The summed E-state index contributed by atoms with van der Waals surface area (Å²) in [5.41, 5.74) is 1.93.